The zero-order chi connectivity index (χ0) is 14.6. The lowest BCUT2D eigenvalue weighted by Crippen LogP contribution is -2.27. The Labute approximate surface area is 119 Å². The molecule has 2 rings (SSSR count). The molecule has 0 radical (unpaired) electrons. The highest BCUT2D eigenvalue weighted by molar-refractivity contribution is 7.89. The standard InChI is InChI=1S/C13H20N2O4S/c1-15(2)7-3-6-14-20(16,17)11-4-5-12-13(10-11)19-9-8-18-12/h4-5,10,14H,3,6-9H2,1-2H3. The minimum Gasteiger partial charge on any atom is -0.486 e. The van der Waals surface area contributed by atoms with Crippen LogP contribution >= 0.6 is 0 Å². The SMILES string of the molecule is CN(C)CCCNS(=O)(=O)c1ccc2c(c1)OCCO2. The van der Waals surface area contributed by atoms with Crippen LogP contribution in [0.5, 0.6) is 11.5 Å². The summed E-state index contributed by atoms with van der Waals surface area (Å²) in [5.74, 6) is 1.07. The van der Waals surface area contributed by atoms with Crippen LogP contribution in [0.4, 0.5) is 0 Å². The highest BCUT2D eigenvalue weighted by Crippen LogP contribution is 2.32. The summed E-state index contributed by atoms with van der Waals surface area (Å²) in [6.45, 7) is 2.17. The first kappa shape index (κ1) is 15.1. The molecule has 7 heteroatoms. The summed E-state index contributed by atoms with van der Waals surface area (Å²) in [7, 11) is 0.412. The smallest absolute Gasteiger partial charge is 0.240 e. The van der Waals surface area contributed by atoms with E-state index < -0.39 is 10.0 Å². The molecule has 1 aromatic rings. The zero-order valence-corrected chi connectivity index (χ0v) is 12.6. The van der Waals surface area contributed by atoms with E-state index in [1.165, 1.54) is 12.1 Å². The average Bonchev–Trinajstić information content (AvgIpc) is 2.43. The average molecular weight is 300 g/mol. The van der Waals surface area contributed by atoms with E-state index in [2.05, 4.69) is 4.72 Å². The first-order valence-electron chi connectivity index (χ1n) is 6.53. The second kappa shape index (κ2) is 6.43. The van der Waals surface area contributed by atoms with E-state index in [0.29, 0.717) is 31.3 Å². The van der Waals surface area contributed by atoms with Gasteiger partial charge in [0.2, 0.25) is 10.0 Å². The summed E-state index contributed by atoms with van der Waals surface area (Å²) in [6, 6.07) is 4.66. The number of nitrogens with one attached hydrogen (secondary N) is 1. The molecule has 1 aliphatic rings. The molecule has 1 N–H and O–H groups in total. The number of sulfonamides is 1. The van der Waals surface area contributed by atoms with Crippen LogP contribution in [0.2, 0.25) is 0 Å². The normalized spacial score (nSPS) is 14.6. The predicted octanol–water partition coefficient (Wildman–Crippen LogP) is 0.688. The molecular weight excluding hydrogens is 280 g/mol. The highest BCUT2D eigenvalue weighted by atomic mass is 32.2. The monoisotopic (exact) mass is 300 g/mol. The van der Waals surface area contributed by atoms with E-state index in [9.17, 15) is 8.42 Å². The van der Waals surface area contributed by atoms with Gasteiger partial charge in [-0.05, 0) is 39.2 Å². The van der Waals surface area contributed by atoms with Crippen molar-refractivity contribution in [2.75, 3.05) is 40.4 Å². The molecule has 1 aromatic carbocycles. The third kappa shape index (κ3) is 3.84. The van der Waals surface area contributed by atoms with Crippen molar-refractivity contribution in [1.29, 1.82) is 0 Å². The van der Waals surface area contributed by atoms with Gasteiger partial charge in [0.25, 0.3) is 0 Å². The van der Waals surface area contributed by atoms with Gasteiger partial charge >= 0.3 is 0 Å². The molecule has 1 heterocycles. The summed E-state index contributed by atoms with van der Waals surface area (Å²) in [5, 5.41) is 0. The molecule has 0 spiro atoms. The van der Waals surface area contributed by atoms with Crippen LogP contribution in [0.1, 0.15) is 6.42 Å². The second-order valence-corrected chi connectivity index (χ2v) is 6.63. The van der Waals surface area contributed by atoms with Gasteiger partial charge in [0.15, 0.2) is 11.5 Å². The molecule has 6 nitrogen and oxygen atoms in total. The molecule has 0 atom stereocenters. The van der Waals surface area contributed by atoms with E-state index in [1.54, 1.807) is 6.07 Å². The Bertz CT molecular complexity index is 557. The van der Waals surface area contributed by atoms with Crippen LogP contribution in [0.25, 0.3) is 0 Å². The summed E-state index contributed by atoms with van der Waals surface area (Å²) in [4.78, 5) is 2.21. The summed E-state index contributed by atoms with van der Waals surface area (Å²) in [6.07, 6.45) is 0.761. The molecule has 0 aromatic heterocycles. The van der Waals surface area contributed by atoms with Crippen molar-refractivity contribution in [3.8, 4) is 11.5 Å². The lowest BCUT2D eigenvalue weighted by atomic mass is 10.3. The Hall–Kier alpha value is -1.31. The molecule has 0 amide bonds. The molecule has 20 heavy (non-hydrogen) atoms. The molecular formula is C13H20N2O4S. The second-order valence-electron chi connectivity index (χ2n) is 4.86. The Kier molecular flexibility index (Phi) is 4.85. The minimum atomic E-state index is -3.50. The van der Waals surface area contributed by atoms with E-state index in [1.807, 2.05) is 19.0 Å². The number of hydrogen-bond donors (Lipinski definition) is 1. The molecule has 0 saturated heterocycles. The Balaban J connectivity index is 2.02. The largest absolute Gasteiger partial charge is 0.486 e. The fraction of sp³-hybridized carbons (Fsp3) is 0.538. The maximum atomic E-state index is 12.1. The van der Waals surface area contributed by atoms with Crippen LogP contribution in [0, 0.1) is 0 Å². The maximum absolute atomic E-state index is 12.1. The number of nitrogens with zero attached hydrogens (tertiary/aromatic N) is 1. The van der Waals surface area contributed by atoms with Crippen molar-refractivity contribution in [3.05, 3.63) is 18.2 Å². The van der Waals surface area contributed by atoms with Gasteiger partial charge < -0.3 is 14.4 Å². The van der Waals surface area contributed by atoms with E-state index in [-0.39, 0.29) is 4.90 Å². The third-order valence-electron chi connectivity index (χ3n) is 2.90. The minimum absolute atomic E-state index is 0.201. The summed E-state index contributed by atoms with van der Waals surface area (Å²) < 4.78 is 37.6. The van der Waals surface area contributed by atoms with Gasteiger partial charge in [-0.3, -0.25) is 0 Å². The first-order chi connectivity index (χ1) is 9.49. The molecule has 0 unspecified atom stereocenters. The summed E-state index contributed by atoms with van der Waals surface area (Å²) in [5.41, 5.74) is 0. The van der Waals surface area contributed by atoms with Crippen LogP contribution in [-0.2, 0) is 10.0 Å². The number of hydrogen-bond acceptors (Lipinski definition) is 5. The van der Waals surface area contributed by atoms with Gasteiger partial charge in [-0.25, -0.2) is 13.1 Å². The van der Waals surface area contributed by atoms with Gasteiger partial charge in [0.05, 0.1) is 4.90 Å². The fourth-order valence-corrected chi connectivity index (χ4v) is 2.97. The Morgan fingerprint density at radius 3 is 2.60 bits per heavy atom. The van der Waals surface area contributed by atoms with Crippen LogP contribution < -0.4 is 14.2 Å². The topological polar surface area (TPSA) is 67.9 Å². The third-order valence-corrected chi connectivity index (χ3v) is 4.36. The van der Waals surface area contributed by atoms with Crippen molar-refractivity contribution < 1.29 is 17.9 Å². The van der Waals surface area contributed by atoms with Gasteiger partial charge in [-0.1, -0.05) is 0 Å². The van der Waals surface area contributed by atoms with Crippen LogP contribution in [-0.4, -0.2) is 53.7 Å². The van der Waals surface area contributed by atoms with Crippen LogP contribution in [0.3, 0.4) is 0 Å². The van der Waals surface area contributed by atoms with Gasteiger partial charge in [0.1, 0.15) is 13.2 Å². The highest BCUT2D eigenvalue weighted by Gasteiger charge is 2.18. The first-order valence-corrected chi connectivity index (χ1v) is 8.01. The molecule has 0 fully saturated rings. The predicted molar refractivity (Wildman–Crippen MR) is 75.8 cm³/mol. The summed E-state index contributed by atoms with van der Waals surface area (Å²) >= 11 is 0. The number of ether oxygens (including phenoxy) is 2. The van der Waals surface area contributed by atoms with Crippen molar-refractivity contribution in [1.82, 2.24) is 9.62 Å². The number of fused-ring (bicyclic) bond motifs is 1. The van der Waals surface area contributed by atoms with Crippen molar-refractivity contribution in [3.63, 3.8) is 0 Å². The van der Waals surface area contributed by atoms with E-state index in [0.717, 1.165) is 13.0 Å². The van der Waals surface area contributed by atoms with Crippen molar-refractivity contribution in [2.24, 2.45) is 0 Å². The van der Waals surface area contributed by atoms with Gasteiger partial charge in [-0.2, -0.15) is 0 Å². The number of benzene rings is 1. The van der Waals surface area contributed by atoms with Gasteiger partial charge in [0, 0.05) is 12.6 Å². The Morgan fingerprint density at radius 2 is 1.90 bits per heavy atom. The van der Waals surface area contributed by atoms with Crippen LogP contribution in [0.15, 0.2) is 23.1 Å². The van der Waals surface area contributed by atoms with Crippen molar-refractivity contribution >= 4 is 10.0 Å². The lowest BCUT2D eigenvalue weighted by Gasteiger charge is -2.19. The quantitative estimate of drug-likeness (QED) is 0.783. The molecule has 0 bridgehead atoms. The molecule has 0 aliphatic carbocycles. The maximum Gasteiger partial charge on any atom is 0.240 e. The van der Waals surface area contributed by atoms with Crippen molar-refractivity contribution in [2.45, 2.75) is 11.3 Å². The Morgan fingerprint density at radius 1 is 1.20 bits per heavy atom. The van der Waals surface area contributed by atoms with Gasteiger partial charge in [-0.15, -0.1) is 0 Å². The molecule has 1 aliphatic heterocycles. The molecule has 112 valence electrons. The van der Waals surface area contributed by atoms with E-state index in [4.69, 9.17) is 9.47 Å². The van der Waals surface area contributed by atoms with E-state index >= 15 is 0 Å². The number of rotatable bonds is 6. The lowest BCUT2D eigenvalue weighted by molar-refractivity contribution is 0.171. The molecule has 0 saturated carbocycles. The zero-order valence-electron chi connectivity index (χ0n) is 11.8. The fourth-order valence-electron chi connectivity index (χ4n) is 1.88.